The maximum Gasteiger partial charge on any atom is 0.222 e. The van der Waals surface area contributed by atoms with Gasteiger partial charge < -0.3 is 4.90 Å². The van der Waals surface area contributed by atoms with E-state index < -0.39 is 0 Å². The fourth-order valence-corrected chi connectivity index (χ4v) is 2.80. The first-order valence-corrected chi connectivity index (χ1v) is 5.80. The third kappa shape index (κ3) is 1.94. The van der Waals surface area contributed by atoms with Crippen LogP contribution >= 0.6 is 0 Å². The van der Waals surface area contributed by atoms with Gasteiger partial charge in [0.1, 0.15) is 0 Å². The van der Waals surface area contributed by atoms with E-state index >= 15 is 0 Å². The fraction of sp³-hybridized carbons (Fsp3) is 0.917. The molecule has 3 atom stereocenters. The van der Waals surface area contributed by atoms with Crippen molar-refractivity contribution >= 4 is 5.91 Å². The predicted octanol–water partition coefficient (Wildman–Crippen LogP) is 2.68. The molecule has 1 fully saturated rings. The third-order valence-electron chi connectivity index (χ3n) is 3.59. The quantitative estimate of drug-likeness (QED) is 0.666. The van der Waals surface area contributed by atoms with Crippen molar-refractivity contribution in [3.8, 4) is 0 Å². The summed E-state index contributed by atoms with van der Waals surface area (Å²) in [7, 11) is 0. The van der Waals surface area contributed by atoms with Gasteiger partial charge in [0.15, 0.2) is 0 Å². The van der Waals surface area contributed by atoms with Crippen LogP contribution in [0.4, 0.5) is 0 Å². The zero-order chi connectivity index (χ0) is 10.9. The first-order valence-electron chi connectivity index (χ1n) is 5.80. The molecule has 1 heterocycles. The number of hydrogen-bond donors (Lipinski definition) is 0. The summed E-state index contributed by atoms with van der Waals surface area (Å²) >= 11 is 0. The lowest BCUT2D eigenvalue weighted by atomic mass is 9.89. The minimum absolute atomic E-state index is 0.313. The van der Waals surface area contributed by atoms with Crippen molar-refractivity contribution in [2.75, 3.05) is 0 Å². The SMILES string of the molecule is CCC(=O)N1C(C)CC(C(C)C)C1C. The average Bonchev–Trinajstić information content (AvgIpc) is 2.41. The Bertz CT molecular complexity index is 212. The van der Waals surface area contributed by atoms with Crippen LogP contribution in [0.1, 0.15) is 47.5 Å². The van der Waals surface area contributed by atoms with E-state index in [0.717, 1.165) is 0 Å². The molecular formula is C12H23NO. The number of rotatable bonds is 2. The molecule has 1 rings (SSSR count). The maximum atomic E-state index is 11.7. The van der Waals surface area contributed by atoms with Crippen LogP contribution in [0.25, 0.3) is 0 Å². The predicted molar refractivity (Wildman–Crippen MR) is 59.0 cm³/mol. The lowest BCUT2D eigenvalue weighted by Gasteiger charge is -2.28. The second-order valence-corrected chi connectivity index (χ2v) is 4.89. The maximum absolute atomic E-state index is 11.7. The minimum atomic E-state index is 0.313. The van der Waals surface area contributed by atoms with E-state index in [9.17, 15) is 4.79 Å². The summed E-state index contributed by atoms with van der Waals surface area (Å²) in [5, 5.41) is 0. The van der Waals surface area contributed by atoms with Gasteiger partial charge in [0, 0.05) is 18.5 Å². The van der Waals surface area contributed by atoms with E-state index in [0.29, 0.717) is 36.2 Å². The van der Waals surface area contributed by atoms with Gasteiger partial charge in [0.05, 0.1) is 0 Å². The lowest BCUT2D eigenvalue weighted by Crippen LogP contribution is -2.39. The number of hydrogen-bond acceptors (Lipinski definition) is 1. The molecule has 0 saturated carbocycles. The molecule has 1 aliphatic heterocycles. The smallest absolute Gasteiger partial charge is 0.222 e. The van der Waals surface area contributed by atoms with Gasteiger partial charge in [0.2, 0.25) is 5.91 Å². The van der Waals surface area contributed by atoms with Gasteiger partial charge in [-0.2, -0.15) is 0 Å². The molecule has 0 aromatic heterocycles. The molecule has 2 nitrogen and oxygen atoms in total. The average molecular weight is 197 g/mol. The molecule has 0 radical (unpaired) electrons. The van der Waals surface area contributed by atoms with Crippen molar-refractivity contribution < 1.29 is 4.79 Å². The summed E-state index contributed by atoms with van der Waals surface area (Å²) in [6.45, 7) is 10.8. The molecule has 0 spiro atoms. The summed E-state index contributed by atoms with van der Waals surface area (Å²) in [4.78, 5) is 13.8. The highest BCUT2D eigenvalue weighted by Crippen LogP contribution is 2.34. The van der Waals surface area contributed by atoms with E-state index in [2.05, 4.69) is 32.6 Å². The second-order valence-electron chi connectivity index (χ2n) is 4.89. The molecule has 3 unspecified atom stereocenters. The normalized spacial score (nSPS) is 32.7. The zero-order valence-corrected chi connectivity index (χ0v) is 10.1. The summed E-state index contributed by atoms with van der Waals surface area (Å²) in [5.41, 5.74) is 0. The number of amides is 1. The molecule has 1 amide bonds. The van der Waals surface area contributed by atoms with E-state index in [1.54, 1.807) is 0 Å². The first kappa shape index (κ1) is 11.5. The molecule has 0 bridgehead atoms. The van der Waals surface area contributed by atoms with Crippen LogP contribution in [0, 0.1) is 11.8 Å². The van der Waals surface area contributed by atoms with Crippen LogP contribution in [-0.4, -0.2) is 22.9 Å². The fourth-order valence-electron chi connectivity index (χ4n) is 2.80. The highest BCUT2D eigenvalue weighted by atomic mass is 16.2. The van der Waals surface area contributed by atoms with Crippen LogP contribution in [0.15, 0.2) is 0 Å². The van der Waals surface area contributed by atoms with E-state index in [1.807, 2.05) is 6.92 Å². The number of likely N-dealkylation sites (tertiary alicyclic amines) is 1. The lowest BCUT2D eigenvalue weighted by molar-refractivity contribution is -0.133. The largest absolute Gasteiger partial charge is 0.337 e. The monoisotopic (exact) mass is 197 g/mol. The van der Waals surface area contributed by atoms with Crippen molar-refractivity contribution in [1.29, 1.82) is 0 Å². The van der Waals surface area contributed by atoms with Crippen LogP contribution < -0.4 is 0 Å². The Balaban J connectivity index is 2.74. The highest BCUT2D eigenvalue weighted by molar-refractivity contribution is 5.76. The Hall–Kier alpha value is -0.530. The summed E-state index contributed by atoms with van der Waals surface area (Å²) < 4.78 is 0. The van der Waals surface area contributed by atoms with E-state index in [-0.39, 0.29) is 0 Å². The van der Waals surface area contributed by atoms with Crippen LogP contribution in [-0.2, 0) is 4.79 Å². The molecule has 14 heavy (non-hydrogen) atoms. The molecular weight excluding hydrogens is 174 g/mol. The van der Waals surface area contributed by atoms with E-state index in [4.69, 9.17) is 0 Å². The van der Waals surface area contributed by atoms with Gasteiger partial charge in [-0.3, -0.25) is 4.79 Å². The molecule has 0 N–H and O–H groups in total. The van der Waals surface area contributed by atoms with Crippen molar-refractivity contribution in [3.63, 3.8) is 0 Å². The molecule has 0 aromatic rings. The summed E-state index contributed by atoms with van der Waals surface area (Å²) in [6.07, 6.45) is 1.81. The molecule has 1 saturated heterocycles. The number of carbonyl (C=O) groups is 1. The molecule has 82 valence electrons. The van der Waals surface area contributed by atoms with Gasteiger partial charge in [-0.15, -0.1) is 0 Å². The molecule has 2 heteroatoms. The Morgan fingerprint density at radius 1 is 1.43 bits per heavy atom. The van der Waals surface area contributed by atoms with Gasteiger partial charge in [-0.1, -0.05) is 20.8 Å². The standard InChI is InChI=1S/C12H23NO/c1-6-12(14)13-9(4)7-11(8(2)3)10(13)5/h8-11H,6-7H2,1-5H3. The molecule has 0 aromatic carbocycles. The first-order chi connectivity index (χ1) is 6.49. The Labute approximate surface area is 87.7 Å². The van der Waals surface area contributed by atoms with Crippen molar-refractivity contribution in [2.45, 2.75) is 59.5 Å². The summed E-state index contributed by atoms with van der Waals surface area (Å²) in [6, 6.07) is 0.863. The van der Waals surface area contributed by atoms with Crippen molar-refractivity contribution in [2.24, 2.45) is 11.8 Å². The Morgan fingerprint density at radius 2 is 2.00 bits per heavy atom. The van der Waals surface area contributed by atoms with Crippen LogP contribution in [0.5, 0.6) is 0 Å². The summed E-state index contributed by atoms with van der Waals surface area (Å²) in [5.74, 6) is 1.68. The van der Waals surface area contributed by atoms with Crippen LogP contribution in [0.2, 0.25) is 0 Å². The topological polar surface area (TPSA) is 20.3 Å². The Kier molecular flexibility index (Phi) is 3.57. The molecule has 1 aliphatic rings. The van der Waals surface area contributed by atoms with Gasteiger partial charge in [0.25, 0.3) is 0 Å². The van der Waals surface area contributed by atoms with Crippen LogP contribution in [0.3, 0.4) is 0 Å². The van der Waals surface area contributed by atoms with Gasteiger partial charge >= 0.3 is 0 Å². The second kappa shape index (κ2) is 4.33. The highest BCUT2D eigenvalue weighted by Gasteiger charge is 2.39. The van der Waals surface area contributed by atoms with Gasteiger partial charge in [-0.05, 0) is 32.1 Å². The van der Waals surface area contributed by atoms with E-state index in [1.165, 1.54) is 6.42 Å². The van der Waals surface area contributed by atoms with Gasteiger partial charge in [-0.25, -0.2) is 0 Å². The van der Waals surface area contributed by atoms with Crippen molar-refractivity contribution in [3.05, 3.63) is 0 Å². The number of nitrogens with zero attached hydrogens (tertiary/aromatic N) is 1. The minimum Gasteiger partial charge on any atom is -0.337 e. The number of carbonyl (C=O) groups excluding carboxylic acids is 1. The van der Waals surface area contributed by atoms with Crippen molar-refractivity contribution in [1.82, 2.24) is 4.90 Å². The molecule has 0 aliphatic carbocycles. The zero-order valence-electron chi connectivity index (χ0n) is 10.1. The Morgan fingerprint density at radius 3 is 2.36 bits per heavy atom. The third-order valence-corrected chi connectivity index (χ3v) is 3.59.